The molecule has 0 aliphatic carbocycles. The number of hydrogen-bond donors (Lipinski definition) is 2. The molecule has 0 atom stereocenters. The molecule has 0 spiro atoms. The molecule has 2 heterocycles. The quantitative estimate of drug-likeness (QED) is 0.579. The third kappa shape index (κ3) is 6.54. The molecule has 35 heavy (non-hydrogen) atoms. The summed E-state index contributed by atoms with van der Waals surface area (Å²) in [5.41, 5.74) is -5.34. The zero-order valence-corrected chi connectivity index (χ0v) is 17.4. The van der Waals surface area contributed by atoms with E-state index in [9.17, 15) is 44.6 Å². The Morgan fingerprint density at radius 1 is 0.829 bits per heavy atom. The van der Waals surface area contributed by atoms with Gasteiger partial charge in [-0.25, -0.2) is 9.78 Å². The van der Waals surface area contributed by atoms with E-state index in [1.807, 2.05) is 4.90 Å². The number of morpholine rings is 1. The van der Waals surface area contributed by atoms with Crippen molar-refractivity contribution in [2.75, 3.05) is 31.2 Å². The van der Waals surface area contributed by atoms with Crippen LogP contribution in [0.3, 0.4) is 0 Å². The number of pyridine rings is 1. The summed E-state index contributed by atoms with van der Waals surface area (Å²) in [4.78, 5) is 15.2. The monoisotopic (exact) mass is 520 g/mol. The molecule has 2 N–H and O–H groups in total. The van der Waals surface area contributed by atoms with Gasteiger partial charge in [-0.05, 0) is 17.7 Å². The lowest BCUT2D eigenvalue weighted by Gasteiger charge is -2.32. The molecule has 15 heteroatoms. The Hall–Kier alpha value is -3.07. The maximum absolute atomic E-state index is 12.9. The van der Waals surface area contributed by atoms with Crippen molar-refractivity contribution in [3.63, 3.8) is 0 Å². The molecule has 194 valence electrons. The Kier molecular flexibility index (Phi) is 8.27. The minimum absolute atomic E-state index is 0.372. The number of ether oxygens (including phenoxy) is 1. The molecule has 0 unspecified atom stereocenters. The molecule has 6 nitrogen and oxygen atoms in total. The fourth-order valence-corrected chi connectivity index (χ4v) is 2.93. The second kappa shape index (κ2) is 10.3. The molecule has 1 aliphatic heterocycles. The zero-order valence-electron chi connectivity index (χ0n) is 17.4. The molecule has 2 aromatic rings. The average Bonchev–Trinajstić information content (AvgIpc) is 2.77. The third-order valence-corrected chi connectivity index (χ3v) is 4.78. The molecule has 3 rings (SSSR count). The van der Waals surface area contributed by atoms with Crippen molar-refractivity contribution < 1.29 is 59.3 Å². The number of rotatable bonds is 3. The second-order valence-electron chi connectivity index (χ2n) is 7.09. The van der Waals surface area contributed by atoms with Gasteiger partial charge in [-0.1, -0.05) is 24.3 Å². The molecule has 1 fully saturated rings. The molecule has 1 aliphatic rings. The van der Waals surface area contributed by atoms with Crippen molar-refractivity contribution in [1.82, 2.24) is 4.98 Å². The van der Waals surface area contributed by atoms with E-state index in [1.54, 1.807) is 12.1 Å². The standard InChI is InChI=1S/C18H16F6N2O2.C2HF3O2/c19-17(20,21)16(27,18(22,23)24)14-4-1-12(2-5-14)13-3-6-15(25-11-13)26-7-9-28-10-8-26;3-2(4,5)1(6)7/h1-6,11,27H,7-10H2;(H,6,7). The Balaban J connectivity index is 0.000000540. The molecule has 1 saturated heterocycles. The molecule has 0 saturated carbocycles. The number of halogens is 9. The Morgan fingerprint density at radius 3 is 1.66 bits per heavy atom. The Morgan fingerprint density at radius 2 is 1.29 bits per heavy atom. The van der Waals surface area contributed by atoms with Crippen LogP contribution < -0.4 is 4.90 Å². The first-order valence-electron chi connectivity index (χ1n) is 9.54. The highest BCUT2D eigenvalue weighted by Crippen LogP contribution is 2.50. The highest BCUT2D eigenvalue weighted by molar-refractivity contribution is 5.73. The van der Waals surface area contributed by atoms with Crippen LogP contribution in [0.5, 0.6) is 0 Å². The number of aromatic nitrogens is 1. The van der Waals surface area contributed by atoms with Gasteiger partial charge < -0.3 is 19.8 Å². The molecular formula is C20H17F9N2O4. The van der Waals surface area contributed by atoms with E-state index >= 15 is 0 Å². The van der Waals surface area contributed by atoms with Crippen LogP contribution in [0.4, 0.5) is 45.3 Å². The van der Waals surface area contributed by atoms with Crippen LogP contribution in [0.1, 0.15) is 5.56 Å². The summed E-state index contributed by atoms with van der Waals surface area (Å²) in [6, 6.07) is 6.80. The molecule has 1 aromatic carbocycles. The number of alkyl halides is 9. The largest absolute Gasteiger partial charge is 0.490 e. The fraction of sp³-hybridized carbons (Fsp3) is 0.400. The second-order valence-corrected chi connectivity index (χ2v) is 7.09. The Labute approximate surface area is 191 Å². The molecule has 0 amide bonds. The average molecular weight is 520 g/mol. The van der Waals surface area contributed by atoms with E-state index in [1.165, 1.54) is 6.20 Å². The van der Waals surface area contributed by atoms with E-state index in [0.717, 1.165) is 12.1 Å². The number of aliphatic hydroxyl groups is 1. The number of carbonyl (C=O) groups is 1. The van der Waals surface area contributed by atoms with Gasteiger partial charge in [0.2, 0.25) is 0 Å². The lowest BCUT2D eigenvalue weighted by Crippen LogP contribution is -2.53. The van der Waals surface area contributed by atoms with Crippen LogP contribution in [0.15, 0.2) is 42.6 Å². The van der Waals surface area contributed by atoms with Crippen molar-refractivity contribution in [1.29, 1.82) is 0 Å². The molecule has 0 bridgehead atoms. The van der Waals surface area contributed by atoms with Gasteiger partial charge in [-0.2, -0.15) is 39.5 Å². The maximum atomic E-state index is 12.9. The maximum Gasteiger partial charge on any atom is 0.490 e. The van der Waals surface area contributed by atoms with Crippen LogP contribution in [0.2, 0.25) is 0 Å². The topological polar surface area (TPSA) is 82.9 Å². The van der Waals surface area contributed by atoms with E-state index in [4.69, 9.17) is 14.6 Å². The number of carboxylic acids is 1. The van der Waals surface area contributed by atoms with Crippen molar-refractivity contribution in [2.45, 2.75) is 24.1 Å². The van der Waals surface area contributed by atoms with Gasteiger partial charge in [0.1, 0.15) is 5.82 Å². The molecule has 0 radical (unpaired) electrons. The van der Waals surface area contributed by atoms with Gasteiger partial charge in [-0.15, -0.1) is 0 Å². The number of benzene rings is 1. The first-order valence-corrected chi connectivity index (χ1v) is 9.54. The van der Waals surface area contributed by atoms with E-state index in [2.05, 4.69) is 4.98 Å². The van der Waals surface area contributed by atoms with Gasteiger partial charge >= 0.3 is 24.5 Å². The van der Waals surface area contributed by atoms with Crippen molar-refractivity contribution in [3.8, 4) is 11.1 Å². The first kappa shape index (κ1) is 28.2. The van der Waals surface area contributed by atoms with Crippen LogP contribution in [0.25, 0.3) is 11.1 Å². The van der Waals surface area contributed by atoms with Crippen molar-refractivity contribution in [2.24, 2.45) is 0 Å². The number of hydrogen-bond acceptors (Lipinski definition) is 5. The zero-order chi connectivity index (χ0) is 26.7. The minimum Gasteiger partial charge on any atom is -0.475 e. The SMILES string of the molecule is O=C(O)C(F)(F)F.OC(c1ccc(-c2ccc(N3CCOCC3)nc2)cc1)(C(F)(F)F)C(F)(F)F. The van der Waals surface area contributed by atoms with E-state index in [-0.39, 0.29) is 0 Å². The summed E-state index contributed by atoms with van der Waals surface area (Å²) in [7, 11) is 0. The number of carboxylic acid groups (broad SMARTS) is 1. The number of nitrogens with zero attached hydrogens (tertiary/aromatic N) is 2. The minimum atomic E-state index is -5.91. The number of aliphatic carboxylic acids is 1. The number of anilines is 1. The highest BCUT2D eigenvalue weighted by atomic mass is 19.4. The highest BCUT2D eigenvalue weighted by Gasteiger charge is 2.71. The predicted octanol–water partition coefficient (Wildman–Crippen LogP) is 4.53. The fourth-order valence-electron chi connectivity index (χ4n) is 2.93. The van der Waals surface area contributed by atoms with Crippen LogP contribution in [0, 0.1) is 0 Å². The van der Waals surface area contributed by atoms with Gasteiger partial charge in [0.25, 0.3) is 5.60 Å². The molecule has 1 aromatic heterocycles. The Bertz CT molecular complexity index is 968. The normalized spacial score (nSPS) is 15.3. The van der Waals surface area contributed by atoms with Crippen molar-refractivity contribution in [3.05, 3.63) is 48.2 Å². The summed E-state index contributed by atoms with van der Waals surface area (Å²) in [6.07, 6.45) is -15.4. The van der Waals surface area contributed by atoms with Gasteiger partial charge in [0, 0.05) is 30.4 Å². The summed E-state index contributed by atoms with van der Waals surface area (Å²) in [5, 5.41) is 16.5. The van der Waals surface area contributed by atoms with Crippen LogP contribution >= 0.6 is 0 Å². The lowest BCUT2D eigenvalue weighted by molar-refractivity contribution is -0.376. The lowest BCUT2D eigenvalue weighted by atomic mass is 9.91. The molecular weight excluding hydrogens is 503 g/mol. The first-order chi connectivity index (χ1) is 16.0. The summed E-state index contributed by atoms with van der Waals surface area (Å²) < 4.78 is 115. The van der Waals surface area contributed by atoms with Gasteiger partial charge in [0.15, 0.2) is 0 Å². The van der Waals surface area contributed by atoms with Crippen LogP contribution in [-0.2, 0) is 15.1 Å². The predicted molar refractivity (Wildman–Crippen MR) is 102 cm³/mol. The van der Waals surface area contributed by atoms with Crippen LogP contribution in [-0.4, -0.2) is 66.0 Å². The summed E-state index contributed by atoms with van der Waals surface area (Å²) in [5.74, 6) is -2.06. The summed E-state index contributed by atoms with van der Waals surface area (Å²) >= 11 is 0. The summed E-state index contributed by atoms with van der Waals surface area (Å²) in [6.45, 7) is 2.50. The van der Waals surface area contributed by atoms with Gasteiger partial charge in [-0.3, -0.25) is 0 Å². The third-order valence-electron chi connectivity index (χ3n) is 4.78. The van der Waals surface area contributed by atoms with Crippen molar-refractivity contribution >= 4 is 11.8 Å². The van der Waals surface area contributed by atoms with Gasteiger partial charge in [0.05, 0.1) is 13.2 Å². The van der Waals surface area contributed by atoms with E-state index in [0.29, 0.717) is 55.4 Å². The van der Waals surface area contributed by atoms with E-state index < -0.39 is 35.7 Å². The smallest absolute Gasteiger partial charge is 0.475 e.